The van der Waals surface area contributed by atoms with Crippen LogP contribution in [0, 0.1) is 0 Å². The van der Waals surface area contributed by atoms with Crippen molar-refractivity contribution in [1.29, 1.82) is 0 Å². The van der Waals surface area contributed by atoms with Crippen LogP contribution in [-0.4, -0.2) is 17.9 Å². The Balaban J connectivity index is 0. The summed E-state index contributed by atoms with van der Waals surface area (Å²) in [5.74, 6) is 0. The molecule has 0 unspecified atom stereocenters. The second-order valence-corrected chi connectivity index (χ2v) is 0.773. The first-order chi connectivity index (χ1) is 2.56. The minimum Gasteiger partial charge on any atom is -0.387 e. The number of rotatable bonds is 0. The number of hydrogen-bond acceptors (Lipinski definition) is 1. The number of halogens is 3. The van der Waals surface area contributed by atoms with Gasteiger partial charge in [-0.2, -0.15) is 13.2 Å². The van der Waals surface area contributed by atoms with Gasteiger partial charge in [-0.1, -0.05) is 0 Å². The van der Waals surface area contributed by atoms with Gasteiger partial charge in [0.2, 0.25) is 0 Å². The molecule has 0 spiro atoms. The largest absolute Gasteiger partial charge is 0.411 e. The van der Waals surface area contributed by atoms with Gasteiger partial charge in [0.05, 0.1) is 0 Å². The maximum absolute atomic E-state index is 10.5. The zero-order chi connectivity index (χ0) is 5.21. The van der Waals surface area contributed by atoms with Crippen LogP contribution in [0.25, 0.3) is 0 Å². The first-order valence-corrected chi connectivity index (χ1v) is 1.24. The molecule has 0 atom stereocenters. The van der Waals surface area contributed by atoms with Crippen molar-refractivity contribution in [3.8, 4) is 0 Å². The zero-order valence-electron chi connectivity index (χ0n) is 3.37. The van der Waals surface area contributed by atoms with Gasteiger partial charge >= 0.3 is 6.18 Å². The van der Waals surface area contributed by atoms with E-state index in [1.54, 1.807) is 0 Å². The number of alkyl halides is 3. The molecule has 0 heterocycles. The van der Waals surface area contributed by atoms with Crippen LogP contribution in [0.1, 0.15) is 0 Å². The Morgan fingerprint density at radius 2 is 1.43 bits per heavy atom. The smallest absolute Gasteiger partial charge is 0.387 e. The predicted molar refractivity (Wildman–Crippen MR) is 13.1 cm³/mol. The van der Waals surface area contributed by atoms with Crippen LogP contribution in [0.3, 0.4) is 0 Å². The SMILES string of the molecule is OCC(F)(F)F.[Y]. The van der Waals surface area contributed by atoms with Crippen LogP contribution in [0.15, 0.2) is 0 Å². The van der Waals surface area contributed by atoms with Crippen molar-refractivity contribution >= 4 is 0 Å². The normalized spacial score (nSPS) is 10.3. The molecule has 0 rings (SSSR count). The number of aliphatic hydroxyl groups excluding tert-OH is 1. The molecule has 0 aromatic heterocycles. The zero-order valence-corrected chi connectivity index (χ0v) is 6.20. The summed E-state index contributed by atoms with van der Waals surface area (Å²) in [7, 11) is 0. The summed E-state index contributed by atoms with van der Waals surface area (Å²) in [5, 5.41) is 7.28. The van der Waals surface area contributed by atoms with E-state index in [1.807, 2.05) is 0 Å². The van der Waals surface area contributed by atoms with Crippen LogP contribution in [0.5, 0.6) is 0 Å². The molecule has 0 aromatic rings. The van der Waals surface area contributed by atoms with E-state index >= 15 is 0 Å². The Hall–Kier alpha value is 0.854. The first kappa shape index (κ1) is 10.8. The van der Waals surface area contributed by atoms with Gasteiger partial charge < -0.3 is 5.11 Å². The number of hydrogen-bond donors (Lipinski definition) is 1. The van der Waals surface area contributed by atoms with Gasteiger partial charge in [-0.25, -0.2) is 0 Å². The van der Waals surface area contributed by atoms with Crippen molar-refractivity contribution in [3.05, 3.63) is 0 Å². The molecule has 5 heteroatoms. The molecule has 0 aliphatic rings. The molecule has 0 fully saturated rings. The fraction of sp³-hybridized carbons (Fsp3) is 1.00. The van der Waals surface area contributed by atoms with Crippen LogP contribution < -0.4 is 0 Å². The van der Waals surface area contributed by atoms with Crippen molar-refractivity contribution in [3.63, 3.8) is 0 Å². The fourth-order valence-corrected chi connectivity index (χ4v) is 0. The molecular weight excluding hydrogens is 186 g/mol. The third-order valence-corrected chi connectivity index (χ3v) is 0.179. The van der Waals surface area contributed by atoms with E-state index in [0.717, 1.165) is 0 Å². The van der Waals surface area contributed by atoms with Crippen molar-refractivity contribution in [2.24, 2.45) is 0 Å². The molecule has 0 amide bonds. The van der Waals surface area contributed by atoms with Crippen LogP contribution in [-0.2, 0) is 32.7 Å². The Kier molecular flexibility index (Phi) is 5.86. The Bertz CT molecular complexity index is 42.7. The Labute approximate surface area is 63.8 Å². The van der Waals surface area contributed by atoms with E-state index in [-0.39, 0.29) is 32.7 Å². The minimum atomic E-state index is -4.40. The van der Waals surface area contributed by atoms with Crippen molar-refractivity contribution in [2.75, 3.05) is 6.61 Å². The van der Waals surface area contributed by atoms with E-state index in [4.69, 9.17) is 5.11 Å². The third kappa shape index (κ3) is 10.9. The van der Waals surface area contributed by atoms with Crippen molar-refractivity contribution in [2.45, 2.75) is 6.18 Å². The van der Waals surface area contributed by atoms with Gasteiger partial charge in [0.25, 0.3) is 0 Å². The number of aliphatic hydroxyl groups is 1. The third-order valence-electron chi connectivity index (χ3n) is 0.179. The van der Waals surface area contributed by atoms with Gasteiger partial charge in [0, 0.05) is 32.7 Å². The summed E-state index contributed by atoms with van der Waals surface area (Å²) < 4.78 is 31.6. The summed E-state index contributed by atoms with van der Waals surface area (Å²) in [6.45, 7) is -1.73. The minimum absolute atomic E-state index is 0. The second-order valence-electron chi connectivity index (χ2n) is 0.773. The molecule has 0 saturated heterocycles. The standard InChI is InChI=1S/C2H3F3O.Y/c3-2(4,5)1-6;/h6H,1H2;. The van der Waals surface area contributed by atoms with Gasteiger partial charge in [-0.15, -0.1) is 0 Å². The molecular formula is C2H3F3OY. The molecule has 0 aliphatic carbocycles. The van der Waals surface area contributed by atoms with Gasteiger partial charge in [0.1, 0.15) is 6.61 Å². The molecule has 0 saturated carbocycles. The monoisotopic (exact) mass is 189 g/mol. The maximum Gasteiger partial charge on any atom is 0.411 e. The fourth-order valence-electron chi connectivity index (χ4n) is 0. The molecule has 1 radical (unpaired) electrons. The summed E-state index contributed by atoms with van der Waals surface area (Å²) in [5.41, 5.74) is 0. The molecule has 41 valence electrons. The molecule has 0 bridgehead atoms. The first-order valence-electron chi connectivity index (χ1n) is 1.24. The van der Waals surface area contributed by atoms with E-state index in [1.165, 1.54) is 0 Å². The average molecular weight is 189 g/mol. The summed E-state index contributed by atoms with van der Waals surface area (Å²) in [6, 6.07) is 0. The predicted octanol–water partition coefficient (Wildman–Crippen LogP) is 0.539. The average Bonchev–Trinajstić information content (AvgIpc) is 1.35. The molecule has 1 nitrogen and oxygen atoms in total. The van der Waals surface area contributed by atoms with Crippen LogP contribution in [0.2, 0.25) is 0 Å². The van der Waals surface area contributed by atoms with Gasteiger partial charge in [0.15, 0.2) is 0 Å². The van der Waals surface area contributed by atoms with Crippen molar-refractivity contribution < 1.29 is 51.0 Å². The van der Waals surface area contributed by atoms with E-state index in [9.17, 15) is 13.2 Å². The Morgan fingerprint density at radius 1 is 1.29 bits per heavy atom. The van der Waals surface area contributed by atoms with E-state index < -0.39 is 12.8 Å². The summed E-state index contributed by atoms with van der Waals surface area (Å²) in [4.78, 5) is 0. The van der Waals surface area contributed by atoms with Crippen molar-refractivity contribution in [1.82, 2.24) is 0 Å². The van der Waals surface area contributed by atoms with E-state index in [0.29, 0.717) is 0 Å². The molecule has 7 heavy (non-hydrogen) atoms. The molecule has 1 N–H and O–H groups in total. The van der Waals surface area contributed by atoms with Crippen LogP contribution in [0.4, 0.5) is 13.2 Å². The topological polar surface area (TPSA) is 20.2 Å². The summed E-state index contributed by atoms with van der Waals surface area (Å²) >= 11 is 0. The van der Waals surface area contributed by atoms with Gasteiger partial charge in [-0.05, 0) is 0 Å². The quantitative estimate of drug-likeness (QED) is 0.589. The Morgan fingerprint density at radius 3 is 1.43 bits per heavy atom. The second kappa shape index (κ2) is 3.81. The van der Waals surface area contributed by atoms with Gasteiger partial charge in [-0.3, -0.25) is 0 Å². The molecule has 0 aliphatic heterocycles. The maximum atomic E-state index is 10.5. The summed E-state index contributed by atoms with van der Waals surface area (Å²) in [6.07, 6.45) is -4.40. The van der Waals surface area contributed by atoms with Crippen LogP contribution >= 0.6 is 0 Å². The molecule has 0 aromatic carbocycles. The van der Waals surface area contributed by atoms with E-state index in [2.05, 4.69) is 0 Å².